The molecule has 0 aliphatic carbocycles. The molecule has 0 fully saturated rings. The van der Waals surface area contributed by atoms with Crippen molar-refractivity contribution in [3.05, 3.63) is 83.9 Å². The fourth-order valence-corrected chi connectivity index (χ4v) is 2.72. The maximum atomic E-state index is 12.2. The van der Waals surface area contributed by atoms with Gasteiger partial charge in [-0.2, -0.15) is 5.26 Å². The lowest BCUT2D eigenvalue weighted by Gasteiger charge is -2.08. The van der Waals surface area contributed by atoms with Gasteiger partial charge in [0.2, 0.25) is 0 Å². The summed E-state index contributed by atoms with van der Waals surface area (Å²) in [5, 5.41) is 11.4. The van der Waals surface area contributed by atoms with Gasteiger partial charge in [0.1, 0.15) is 5.75 Å². The predicted molar refractivity (Wildman–Crippen MR) is 113 cm³/mol. The van der Waals surface area contributed by atoms with Crippen molar-refractivity contribution in [2.45, 2.75) is 6.92 Å². The van der Waals surface area contributed by atoms with E-state index < -0.39 is 18.5 Å². The summed E-state index contributed by atoms with van der Waals surface area (Å²) in [6.45, 7) is 0.903. The molecule has 1 amide bonds. The summed E-state index contributed by atoms with van der Waals surface area (Å²) >= 11 is 0. The van der Waals surface area contributed by atoms with E-state index in [9.17, 15) is 14.4 Å². The molecule has 0 unspecified atom stereocenters. The van der Waals surface area contributed by atoms with E-state index in [-0.39, 0.29) is 5.97 Å². The number of hydrogen-bond donors (Lipinski definition) is 1. The summed E-state index contributed by atoms with van der Waals surface area (Å²) in [6, 6.07) is 22.0. The highest BCUT2D eigenvalue weighted by atomic mass is 16.5. The molecule has 3 aromatic carbocycles. The zero-order valence-corrected chi connectivity index (χ0v) is 16.6. The van der Waals surface area contributed by atoms with Gasteiger partial charge in [-0.15, -0.1) is 0 Å². The number of nitriles is 1. The van der Waals surface area contributed by atoms with Gasteiger partial charge in [-0.25, -0.2) is 4.79 Å². The third-order valence-electron chi connectivity index (χ3n) is 4.20. The van der Waals surface area contributed by atoms with Crippen LogP contribution < -0.4 is 10.1 Å². The van der Waals surface area contributed by atoms with Crippen LogP contribution in [-0.2, 0) is 14.3 Å². The van der Waals surface area contributed by atoms with E-state index in [1.807, 2.05) is 6.07 Å². The van der Waals surface area contributed by atoms with Crippen LogP contribution in [-0.4, -0.2) is 24.5 Å². The lowest BCUT2D eigenvalue weighted by atomic mass is 10.0. The van der Waals surface area contributed by atoms with Crippen LogP contribution in [0.4, 0.5) is 5.69 Å². The molecule has 0 radical (unpaired) electrons. The molecular weight excluding hydrogens is 396 g/mol. The normalized spacial score (nSPS) is 9.94. The second-order valence-electron chi connectivity index (χ2n) is 6.51. The number of rotatable bonds is 6. The van der Waals surface area contributed by atoms with Crippen LogP contribution in [0.5, 0.6) is 5.75 Å². The van der Waals surface area contributed by atoms with E-state index in [4.69, 9.17) is 14.7 Å². The Morgan fingerprint density at radius 1 is 0.871 bits per heavy atom. The van der Waals surface area contributed by atoms with Crippen LogP contribution in [0.25, 0.3) is 11.1 Å². The molecule has 0 saturated carbocycles. The lowest BCUT2D eigenvalue weighted by Crippen LogP contribution is -2.20. The molecule has 7 nitrogen and oxygen atoms in total. The first-order valence-electron chi connectivity index (χ1n) is 9.30. The van der Waals surface area contributed by atoms with Gasteiger partial charge in [0.05, 0.1) is 17.2 Å². The monoisotopic (exact) mass is 414 g/mol. The predicted octanol–water partition coefficient (Wildman–Crippen LogP) is 3.95. The third-order valence-corrected chi connectivity index (χ3v) is 4.20. The van der Waals surface area contributed by atoms with Crippen molar-refractivity contribution >= 4 is 23.5 Å². The molecule has 0 aliphatic rings. The highest BCUT2D eigenvalue weighted by Gasteiger charge is 2.11. The van der Waals surface area contributed by atoms with Gasteiger partial charge < -0.3 is 14.8 Å². The Labute approximate surface area is 178 Å². The Bertz CT molecular complexity index is 1130. The summed E-state index contributed by atoms with van der Waals surface area (Å²) < 4.78 is 10.1. The van der Waals surface area contributed by atoms with Crippen LogP contribution in [0.15, 0.2) is 72.8 Å². The Hall–Kier alpha value is -4.44. The van der Waals surface area contributed by atoms with Crippen LogP contribution in [0.3, 0.4) is 0 Å². The maximum absolute atomic E-state index is 12.2. The number of esters is 2. The zero-order valence-electron chi connectivity index (χ0n) is 16.6. The van der Waals surface area contributed by atoms with Crippen LogP contribution in [0, 0.1) is 11.3 Å². The van der Waals surface area contributed by atoms with E-state index in [1.54, 1.807) is 72.8 Å². The standard InChI is InChI=1S/C24H18N2O5/c1-16(27)31-22-12-8-19(9-13-22)18-4-6-20(7-5-18)24(29)30-15-23(28)26-21-10-2-17(14-25)3-11-21/h2-13H,15H2,1H3,(H,26,28). The Kier molecular flexibility index (Phi) is 6.76. The molecule has 154 valence electrons. The average Bonchev–Trinajstić information content (AvgIpc) is 2.78. The molecule has 0 atom stereocenters. The molecule has 0 saturated heterocycles. The quantitative estimate of drug-likeness (QED) is 0.484. The Morgan fingerprint density at radius 3 is 2.00 bits per heavy atom. The number of benzene rings is 3. The van der Waals surface area contributed by atoms with Gasteiger partial charge in [-0.1, -0.05) is 24.3 Å². The smallest absolute Gasteiger partial charge is 0.338 e. The molecule has 0 spiro atoms. The maximum Gasteiger partial charge on any atom is 0.338 e. The molecule has 0 aromatic heterocycles. The average molecular weight is 414 g/mol. The van der Waals surface area contributed by atoms with Gasteiger partial charge in [-0.3, -0.25) is 9.59 Å². The number of anilines is 1. The van der Waals surface area contributed by atoms with Crippen molar-refractivity contribution in [3.8, 4) is 22.9 Å². The molecule has 31 heavy (non-hydrogen) atoms. The first-order valence-corrected chi connectivity index (χ1v) is 9.30. The minimum Gasteiger partial charge on any atom is -0.452 e. The summed E-state index contributed by atoms with van der Waals surface area (Å²) in [5.74, 6) is -1.04. The van der Waals surface area contributed by atoms with Crippen molar-refractivity contribution < 1.29 is 23.9 Å². The molecular formula is C24H18N2O5. The number of nitrogens with one attached hydrogen (secondary N) is 1. The fraction of sp³-hybridized carbons (Fsp3) is 0.0833. The highest BCUT2D eigenvalue weighted by molar-refractivity contribution is 5.95. The number of amides is 1. The first kappa shape index (κ1) is 21.3. The van der Waals surface area contributed by atoms with E-state index in [2.05, 4.69) is 5.32 Å². The Balaban J connectivity index is 1.54. The summed E-state index contributed by atoms with van der Waals surface area (Å²) in [7, 11) is 0. The van der Waals surface area contributed by atoms with E-state index >= 15 is 0 Å². The van der Waals surface area contributed by atoms with Crippen molar-refractivity contribution in [2.24, 2.45) is 0 Å². The number of carbonyl (C=O) groups is 3. The molecule has 7 heteroatoms. The molecule has 3 aromatic rings. The number of hydrogen-bond acceptors (Lipinski definition) is 6. The second kappa shape index (κ2) is 9.85. The van der Waals surface area contributed by atoms with E-state index in [0.29, 0.717) is 22.6 Å². The van der Waals surface area contributed by atoms with E-state index in [1.165, 1.54) is 6.92 Å². The fourth-order valence-electron chi connectivity index (χ4n) is 2.72. The lowest BCUT2D eigenvalue weighted by molar-refractivity contribution is -0.131. The van der Waals surface area contributed by atoms with Gasteiger partial charge in [0.15, 0.2) is 6.61 Å². The number of nitrogens with zero attached hydrogens (tertiary/aromatic N) is 1. The molecule has 3 rings (SSSR count). The largest absolute Gasteiger partial charge is 0.452 e. The molecule has 0 bridgehead atoms. The minimum atomic E-state index is -0.619. The molecule has 0 heterocycles. The topological polar surface area (TPSA) is 105 Å². The van der Waals surface area contributed by atoms with Gasteiger partial charge in [0, 0.05) is 12.6 Å². The van der Waals surface area contributed by atoms with Crippen LogP contribution >= 0.6 is 0 Å². The van der Waals surface area contributed by atoms with Crippen molar-refractivity contribution in [1.29, 1.82) is 5.26 Å². The van der Waals surface area contributed by atoms with Crippen molar-refractivity contribution in [3.63, 3.8) is 0 Å². The third kappa shape index (κ3) is 6.02. The van der Waals surface area contributed by atoms with Crippen LogP contribution in [0.2, 0.25) is 0 Å². The highest BCUT2D eigenvalue weighted by Crippen LogP contribution is 2.23. The number of carbonyl (C=O) groups excluding carboxylic acids is 3. The van der Waals surface area contributed by atoms with Crippen LogP contribution in [0.1, 0.15) is 22.8 Å². The first-order chi connectivity index (χ1) is 14.9. The van der Waals surface area contributed by atoms with Crippen molar-refractivity contribution in [2.75, 3.05) is 11.9 Å². The summed E-state index contributed by atoms with van der Waals surface area (Å²) in [5.41, 5.74) is 3.05. The zero-order chi connectivity index (χ0) is 22.2. The van der Waals surface area contributed by atoms with Gasteiger partial charge >= 0.3 is 11.9 Å². The van der Waals surface area contributed by atoms with Crippen molar-refractivity contribution in [1.82, 2.24) is 0 Å². The second-order valence-corrected chi connectivity index (χ2v) is 6.51. The molecule has 0 aliphatic heterocycles. The number of ether oxygens (including phenoxy) is 2. The molecule has 1 N–H and O–H groups in total. The summed E-state index contributed by atoms with van der Waals surface area (Å²) in [4.78, 5) is 35.1. The summed E-state index contributed by atoms with van der Waals surface area (Å²) in [6.07, 6.45) is 0. The Morgan fingerprint density at radius 2 is 1.45 bits per heavy atom. The van der Waals surface area contributed by atoms with E-state index in [0.717, 1.165) is 11.1 Å². The minimum absolute atomic E-state index is 0.312. The van der Waals surface area contributed by atoms with Gasteiger partial charge in [0.25, 0.3) is 5.91 Å². The SMILES string of the molecule is CC(=O)Oc1ccc(-c2ccc(C(=O)OCC(=O)Nc3ccc(C#N)cc3)cc2)cc1. The van der Waals surface area contributed by atoms with Gasteiger partial charge in [-0.05, 0) is 59.7 Å².